The minimum atomic E-state index is -0.192. The van der Waals surface area contributed by atoms with E-state index < -0.39 is 0 Å². The molecule has 0 radical (unpaired) electrons. The second-order valence-corrected chi connectivity index (χ2v) is 5.28. The van der Waals surface area contributed by atoms with Crippen molar-refractivity contribution in [1.82, 2.24) is 24.6 Å². The van der Waals surface area contributed by atoms with E-state index in [9.17, 15) is 4.79 Å². The normalized spacial score (nSPS) is 18.4. The van der Waals surface area contributed by atoms with Crippen molar-refractivity contribution < 1.29 is 9.53 Å². The van der Waals surface area contributed by atoms with Gasteiger partial charge in [-0.25, -0.2) is 0 Å². The fraction of sp³-hybridized carbons (Fsp3) is 0.467. The van der Waals surface area contributed by atoms with E-state index >= 15 is 0 Å². The van der Waals surface area contributed by atoms with Gasteiger partial charge in [0.15, 0.2) is 0 Å². The van der Waals surface area contributed by atoms with Gasteiger partial charge in [0.05, 0.1) is 25.0 Å². The van der Waals surface area contributed by atoms with Crippen LogP contribution in [-0.4, -0.2) is 50.3 Å². The highest BCUT2D eigenvalue weighted by Crippen LogP contribution is 2.20. The van der Waals surface area contributed by atoms with Crippen LogP contribution < -0.4 is 0 Å². The molecule has 0 unspecified atom stereocenters. The van der Waals surface area contributed by atoms with E-state index in [1.165, 1.54) is 0 Å². The Morgan fingerprint density at radius 3 is 3.05 bits per heavy atom. The van der Waals surface area contributed by atoms with Crippen molar-refractivity contribution in [3.05, 3.63) is 42.2 Å². The first-order valence-corrected chi connectivity index (χ1v) is 7.36. The SMILES string of the molecule is Cn1nccc1CCC(=O)N1CCO[C@@H](c2cnccn2)C1. The summed E-state index contributed by atoms with van der Waals surface area (Å²) in [5.74, 6) is 0.137. The number of hydrogen-bond donors (Lipinski definition) is 0. The standard InChI is InChI=1S/C15H19N5O2/c1-19-12(4-5-18-19)2-3-15(21)20-8-9-22-14(11-20)13-10-16-6-7-17-13/h4-7,10,14H,2-3,8-9,11H2,1H3/t14-/m1/s1. The highest BCUT2D eigenvalue weighted by molar-refractivity contribution is 5.76. The summed E-state index contributed by atoms with van der Waals surface area (Å²) in [5, 5.41) is 4.12. The zero-order valence-corrected chi connectivity index (χ0v) is 12.6. The van der Waals surface area contributed by atoms with E-state index in [0.717, 1.165) is 11.4 Å². The molecule has 1 aliphatic heterocycles. The molecule has 1 amide bonds. The number of aryl methyl sites for hydroxylation is 2. The first kappa shape index (κ1) is 14.6. The summed E-state index contributed by atoms with van der Waals surface area (Å²) in [6.45, 7) is 1.68. The molecule has 3 heterocycles. The molecule has 0 aliphatic carbocycles. The maximum Gasteiger partial charge on any atom is 0.223 e. The lowest BCUT2D eigenvalue weighted by molar-refractivity contribution is -0.139. The van der Waals surface area contributed by atoms with Crippen LogP contribution in [0.15, 0.2) is 30.9 Å². The van der Waals surface area contributed by atoms with E-state index in [0.29, 0.717) is 32.5 Å². The topological polar surface area (TPSA) is 73.1 Å². The summed E-state index contributed by atoms with van der Waals surface area (Å²) in [5.41, 5.74) is 1.83. The molecule has 3 rings (SSSR count). The van der Waals surface area contributed by atoms with Crippen molar-refractivity contribution >= 4 is 5.91 Å². The largest absolute Gasteiger partial charge is 0.368 e. The predicted molar refractivity (Wildman–Crippen MR) is 78.8 cm³/mol. The Bertz CT molecular complexity index is 628. The molecule has 7 nitrogen and oxygen atoms in total. The fourth-order valence-electron chi connectivity index (χ4n) is 2.57. The van der Waals surface area contributed by atoms with Gasteiger partial charge in [0, 0.05) is 44.3 Å². The average Bonchev–Trinajstić information content (AvgIpc) is 2.99. The molecule has 0 aromatic carbocycles. The third-order valence-electron chi connectivity index (χ3n) is 3.85. The van der Waals surface area contributed by atoms with Crippen LogP contribution in [0.4, 0.5) is 0 Å². The Labute approximate surface area is 128 Å². The first-order chi connectivity index (χ1) is 10.7. The Hall–Kier alpha value is -2.28. The van der Waals surface area contributed by atoms with Crippen LogP contribution >= 0.6 is 0 Å². The van der Waals surface area contributed by atoms with Gasteiger partial charge in [-0.05, 0) is 12.5 Å². The molecule has 116 valence electrons. The molecule has 1 saturated heterocycles. The summed E-state index contributed by atoms with van der Waals surface area (Å²) in [6, 6.07) is 1.94. The van der Waals surface area contributed by atoms with Gasteiger partial charge in [0.25, 0.3) is 0 Å². The lowest BCUT2D eigenvalue weighted by atomic mass is 10.1. The first-order valence-electron chi connectivity index (χ1n) is 7.36. The van der Waals surface area contributed by atoms with Crippen molar-refractivity contribution in [3.63, 3.8) is 0 Å². The Morgan fingerprint density at radius 2 is 2.32 bits per heavy atom. The van der Waals surface area contributed by atoms with Gasteiger partial charge in [0.2, 0.25) is 5.91 Å². The molecular weight excluding hydrogens is 282 g/mol. The second kappa shape index (κ2) is 6.65. The summed E-state index contributed by atoms with van der Waals surface area (Å²) < 4.78 is 7.50. The Morgan fingerprint density at radius 1 is 1.41 bits per heavy atom. The van der Waals surface area contributed by atoms with E-state index in [2.05, 4.69) is 15.1 Å². The third kappa shape index (κ3) is 3.30. The zero-order chi connectivity index (χ0) is 15.4. The smallest absolute Gasteiger partial charge is 0.223 e. The fourth-order valence-corrected chi connectivity index (χ4v) is 2.57. The van der Waals surface area contributed by atoms with Crippen molar-refractivity contribution in [2.45, 2.75) is 18.9 Å². The Balaban J connectivity index is 1.57. The lowest BCUT2D eigenvalue weighted by Gasteiger charge is -2.32. The van der Waals surface area contributed by atoms with Gasteiger partial charge in [-0.15, -0.1) is 0 Å². The summed E-state index contributed by atoms with van der Waals surface area (Å²) in [7, 11) is 1.89. The molecule has 0 saturated carbocycles. The summed E-state index contributed by atoms with van der Waals surface area (Å²) in [4.78, 5) is 22.5. The van der Waals surface area contributed by atoms with Crippen LogP contribution in [0.2, 0.25) is 0 Å². The molecule has 0 bridgehead atoms. The molecule has 1 aliphatic rings. The summed E-state index contributed by atoms with van der Waals surface area (Å²) >= 11 is 0. The van der Waals surface area contributed by atoms with Crippen molar-refractivity contribution in [2.24, 2.45) is 7.05 Å². The monoisotopic (exact) mass is 301 g/mol. The summed E-state index contributed by atoms with van der Waals surface area (Å²) in [6.07, 6.45) is 7.69. The number of rotatable bonds is 4. The van der Waals surface area contributed by atoms with Crippen LogP contribution in [0.3, 0.4) is 0 Å². The van der Waals surface area contributed by atoms with Crippen molar-refractivity contribution in [3.8, 4) is 0 Å². The number of carbonyl (C=O) groups excluding carboxylic acids is 1. The molecule has 1 atom stereocenters. The number of carbonyl (C=O) groups is 1. The minimum absolute atomic E-state index is 0.137. The highest BCUT2D eigenvalue weighted by Gasteiger charge is 2.26. The molecular formula is C15H19N5O2. The molecule has 2 aromatic heterocycles. The third-order valence-corrected chi connectivity index (χ3v) is 3.85. The van der Waals surface area contributed by atoms with E-state index in [1.807, 2.05) is 18.0 Å². The molecule has 22 heavy (non-hydrogen) atoms. The van der Waals surface area contributed by atoms with Crippen LogP contribution in [-0.2, 0) is 23.0 Å². The van der Waals surface area contributed by atoms with Gasteiger partial charge in [-0.2, -0.15) is 5.10 Å². The van der Waals surface area contributed by atoms with E-state index in [1.54, 1.807) is 29.5 Å². The highest BCUT2D eigenvalue weighted by atomic mass is 16.5. The molecule has 0 spiro atoms. The number of amides is 1. The second-order valence-electron chi connectivity index (χ2n) is 5.28. The minimum Gasteiger partial charge on any atom is -0.368 e. The zero-order valence-electron chi connectivity index (χ0n) is 12.6. The lowest BCUT2D eigenvalue weighted by Crippen LogP contribution is -2.42. The molecule has 0 N–H and O–H groups in total. The quantitative estimate of drug-likeness (QED) is 0.833. The van der Waals surface area contributed by atoms with E-state index in [-0.39, 0.29) is 12.0 Å². The Kier molecular flexibility index (Phi) is 4.43. The molecule has 1 fully saturated rings. The van der Waals surface area contributed by atoms with Gasteiger partial charge < -0.3 is 9.64 Å². The number of aromatic nitrogens is 4. The predicted octanol–water partition coefficient (Wildman–Crippen LogP) is 0.743. The van der Waals surface area contributed by atoms with Crippen LogP contribution in [0.25, 0.3) is 0 Å². The number of nitrogens with zero attached hydrogens (tertiary/aromatic N) is 5. The van der Waals surface area contributed by atoms with Crippen molar-refractivity contribution in [2.75, 3.05) is 19.7 Å². The van der Waals surface area contributed by atoms with E-state index in [4.69, 9.17) is 4.74 Å². The van der Waals surface area contributed by atoms with Gasteiger partial charge >= 0.3 is 0 Å². The van der Waals surface area contributed by atoms with Gasteiger partial charge in [-0.1, -0.05) is 0 Å². The molecule has 2 aromatic rings. The van der Waals surface area contributed by atoms with Crippen LogP contribution in [0.1, 0.15) is 23.9 Å². The van der Waals surface area contributed by atoms with Gasteiger partial charge in [0.1, 0.15) is 6.10 Å². The average molecular weight is 301 g/mol. The van der Waals surface area contributed by atoms with Crippen molar-refractivity contribution in [1.29, 1.82) is 0 Å². The maximum atomic E-state index is 12.4. The van der Waals surface area contributed by atoms with Gasteiger partial charge in [-0.3, -0.25) is 19.4 Å². The van der Waals surface area contributed by atoms with Crippen LogP contribution in [0, 0.1) is 0 Å². The van der Waals surface area contributed by atoms with Crippen LogP contribution in [0.5, 0.6) is 0 Å². The number of morpholine rings is 1. The number of ether oxygens (including phenoxy) is 1. The number of hydrogen-bond acceptors (Lipinski definition) is 5. The maximum absolute atomic E-state index is 12.4. The molecule has 7 heteroatoms.